The number of hydrogen-bond donors (Lipinski definition) is 0. The summed E-state index contributed by atoms with van der Waals surface area (Å²) in [6.07, 6.45) is 1.32. The second-order valence-electron chi connectivity index (χ2n) is 3.35. The number of rotatable bonds is 2. The third kappa shape index (κ3) is 2.23. The zero-order chi connectivity index (χ0) is 12.8. The first-order valence-electron chi connectivity index (χ1n) is 4.35. The maximum atomic E-state index is 12.0. The van der Waals surface area contributed by atoms with Crippen molar-refractivity contribution in [3.05, 3.63) is 12.0 Å². The van der Waals surface area contributed by atoms with Crippen LogP contribution in [0.5, 0.6) is 0 Å². The molecule has 2 aliphatic rings. The van der Waals surface area contributed by atoms with E-state index >= 15 is 0 Å². The van der Waals surface area contributed by atoms with Crippen molar-refractivity contribution in [2.75, 3.05) is 5.75 Å². The lowest BCUT2D eigenvalue weighted by atomic mass is 10.2. The topological polar surface area (TPSA) is 63.7 Å². The van der Waals surface area contributed by atoms with Crippen LogP contribution in [-0.4, -0.2) is 35.9 Å². The van der Waals surface area contributed by atoms with Crippen LogP contribution >= 0.6 is 11.8 Å². The van der Waals surface area contributed by atoms with E-state index in [4.69, 9.17) is 0 Å². The van der Waals surface area contributed by atoms with Gasteiger partial charge in [-0.05, 0) is 0 Å². The third-order valence-electron chi connectivity index (χ3n) is 2.15. The second kappa shape index (κ2) is 3.80. The molecule has 2 aliphatic heterocycles. The van der Waals surface area contributed by atoms with Crippen molar-refractivity contribution in [1.29, 1.82) is 0 Å². The van der Waals surface area contributed by atoms with E-state index in [1.165, 1.54) is 0 Å². The van der Waals surface area contributed by atoms with Crippen molar-refractivity contribution < 1.29 is 30.6 Å². The molecule has 0 radical (unpaired) electrons. The highest BCUT2D eigenvalue weighted by atomic mass is 32.2. The number of hydrogen-bond acceptors (Lipinski definition) is 5. The minimum Gasteiger partial charge on any atom is -0.378 e. The molecule has 0 aromatic carbocycles. The van der Waals surface area contributed by atoms with E-state index in [2.05, 4.69) is 4.18 Å². The Bertz CT molecular complexity index is 484. The maximum Gasteiger partial charge on any atom is 0.534 e. The molecule has 0 aromatic rings. The van der Waals surface area contributed by atoms with Crippen molar-refractivity contribution in [2.45, 2.75) is 17.3 Å². The fourth-order valence-electron chi connectivity index (χ4n) is 1.30. The van der Waals surface area contributed by atoms with Gasteiger partial charge in [0.15, 0.2) is 0 Å². The molecule has 0 unspecified atom stereocenters. The van der Waals surface area contributed by atoms with Gasteiger partial charge in [-0.3, -0.25) is 4.79 Å². The Hall–Kier alpha value is -0.900. The molecular formula is C7H6F3NO4S2. The van der Waals surface area contributed by atoms with Gasteiger partial charge in [-0.15, -0.1) is 11.8 Å². The van der Waals surface area contributed by atoms with E-state index in [0.29, 0.717) is 6.42 Å². The molecule has 0 saturated carbocycles. The Kier molecular flexibility index (Phi) is 2.81. The Morgan fingerprint density at radius 3 is 2.65 bits per heavy atom. The normalized spacial score (nSPS) is 24.9. The van der Waals surface area contributed by atoms with Crippen molar-refractivity contribution in [1.82, 2.24) is 4.90 Å². The van der Waals surface area contributed by atoms with Gasteiger partial charge in [-0.25, -0.2) is 0 Å². The van der Waals surface area contributed by atoms with Gasteiger partial charge in [0, 0.05) is 6.20 Å². The highest BCUT2D eigenvalue weighted by molar-refractivity contribution is 8.00. The number of nitrogens with zero attached hydrogens (tertiary/aromatic N) is 1. The average Bonchev–Trinajstić information content (AvgIpc) is 2.17. The number of carbonyl (C=O) groups is 1. The molecule has 0 bridgehead atoms. The van der Waals surface area contributed by atoms with Gasteiger partial charge in [-0.1, -0.05) is 0 Å². The van der Waals surface area contributed by atoms with Crippen LogP contribution in [0.4, 0.5) is 13.2 Å². The van der Waals surface area contributed by atoms with E-state index in [9.17, 15) is 26.4 Å². The molecule has 1 saturated heterocycles. The van der Waals surface area contributed by atoms with Crippen molar-refractivity contribution >= 4 is 27.8 Å². The summed E-state index contributed by atoms with van der Waals surface area (Å²) in [5.74, 6) is -0.673. The Morgan fingerprint density at radius 2 is 2.12 bits per heavy atom. The quantitative estimate of drug-likeness (QED) is 0.431. The summed E-state index contributed by atoms with van der Waals surface area (Å²) in [6.45, 7) is 0. The summed E-state index contributed by atoms with van der Waals surface area (Å²) < 4.78 is 61.4. The van der Waals surface area contributed by atoms with Gasteiger partial charge >= 0.3 is 15.6 Å². The van der Waals surface area contributed by atoms with E-state index in [0.717, 1.165) is 22.9 Å². The lowest BCUT2D eigenvalue weighted by molar-refractivity contribution is -0.137. The number of amides is 1. The first kappa shape index (κ1) is 12.6. The molecule has 5 nitrogen and oxygen atoms in total. The molecule has 1 amide bonds. The SMILES string of the molecule is O=C1C[C@H]2SCC(OS(=O)(=O)C(F)(F)F)=CN12. The van der Waals surface area contributed by atoms with Gasteiger partial charge in [0.1, 0.15) is 5.76 Å². The van der Waals surface area contributed by atoms with Crippen LogP contribution in [0.1, 0.15) is 6.42 Å². The van der Waals surface area contributed by atoms with Gasteiger partial charge in [-0.2, -0.15) is 21.6 Å². The highest BCUT2D eigenvalue weighted by Gasteiger charge is 2.49. The number of β-lactam (4-membered cyclic amide) rings is 1. The fourth-order valence-corrected chi connectivity index (χ4v) is 2.94. The smallest absolute Gasteiger partial charge is 0.378 e. The molecule has 0 aromatic heterocycles. The van der Waals surface area contributed by atoms with Gasteiger partial charge in [0.2, 0.25) is 5.91 Å². The monoisotopic (exact) mass is 289 g/mol. The molecule has 2 rings (SSSR count). The molecule has 1 fully saturated rings. The minimum absolute atomic E-state index is 0.0102. The summed E-state index contributed by atoms with van der Waals surface area (Å²) in [5.41, 5.74) is -5.46. The van der Waals surface area contributed by atoms with Crippen LogP contribution in [0.25, 0.3) is 0 Å². The average molecular weight is 289 g/mol. The maximum absolute atomic E-state index is 12.0. The minimum atomic E-state index is -5.65. The number of halogens is 3. The summed E-state index contributed by atoms with van der Waals surface area (Å²) in [4.78, 5) is 12.2. The number of fused-ring (bicyclic) bond motifs is 1. The molecule has 0 spiro atoms. The largest absolute Gasteiger partial charge is 0.534 e. The van der Waals surface area contributed by atoms with Gasteiger partial charge < -0.3 is 9.08 Å². The molecule has 0 N–H and O–H groups in total. The number of carbonyl (C=O) groups excluding carboxylic acids is 1. The van der Waals surface area contributed by atoms with E-state index in [1.54, 1.807) is 0 Å². The predicted octanol–water partition coefficient (Wildman–Crippen LogP) is 0.999. The van der Waals surface area contributed by atoms with Crippen LogP contribution in [0.15, 0.2) is 12.0 Å². The van der Waals surface area contributed by atoms with Crippen LogP contribution in [0, 0.1) is 0 Å². The van der Waals surface area contributed by atoms with Gasteiger partial charge in [0.05, 0.1) is 17.5 Å². The van der Waals surface area contributed by atoms with Gasteiger partial charge in [0.25, 0.3) is 0 Å². The molecule has 0 aliphatic carbocycles. The first-order valence-corrected chi connectivity index (χ1v) is 6.80. The predicted molar refractivity (Wildman–Crippen MR) is 51.9 cm³/mol. The summed E-state index contributed by atoms with van der Waals surface area (Å²) in [6, 6.07) is 0. The van der Waals surface area contributed by atoms with Crippen LogP contribution in [0.2, 0.25) is 0 Å². The molecule has 17 heavy (non-hydrogen) atoms. The van der Waals surface area contributed by atoms with Crippen LogP contribution in [-0.2, 0) is 19.1 Å². The highest BCUT2D eigenvalue weighted by Crippen LogP contribution is 2.37. The molecule has 2 heterocycles. The summed E-state index contributed by atoms with van der Waals surface area (Å²) in [5, 5.41) is -0.122. The first-order chi connectivity index (χ1) is 7.71. The molecular weight excluding hydrogens is 283 g/mol. The third-order valence-corrected chi connectivity index (χ3v) is 4.38. The van der Waals surface area contributed by atoms with Crippen LogP contribution in [0.3, 0.4) is 0 Å². The standard InChI is InChI=1S/C7H6F3NO4S2/c8-7(9,10)17(13,14)15-4-2-11-5(12)1-6(11)16-3-4/h2,6H,1,3H2/t6-/m1/s1. The Balaban J connectivity index is 2.13. The Labute approximate surface area is 98.7 Å². The van der Waals surface area contributed by atoms with Crippen molar-refractivity contribution in [3.63, 3.8) is 0 Å². The molecule has 96 valence electrons. The molecule has 1 atom stereocenters. The summed E-state index contributed by atoms with van der Waals surface area (Å²) in [7, 11) is -5.65. The fraction of sp³-hybridized carbons (Fsp3) is 0.571. The lowest BCUT2D eigenvalue weighted by Crippen LogP contribution is -2.49. The van der Waals surface area contributed by atoms with Crippen molar-refractivity contribution in [3.8, 4) is 0 Å². The zero-order valence-electron chi connectivity index (χ0n) is 8.10. The second-order valence-corrected chi connectivity index (χ2v) is 6.05. The lowest BCUT2D eigenvalue weighted by Gasteiger charge is -2.40. The zero-order valence-corrected chi connectivity index (χ0v) is 9.73. The van der Waals surface area contributed by atoms with E-state index in [1.807, 2.05) is 0 Å². The Morgan fingerprint density at radius 1 is 1.47 bits per heavy atom. The number of thioether (sulfide) groups is 1. The van der Waals surface area contributed by atoms with E-state index in [-0.39, 0.29) is 17.0 Å². The van der Waals surface area contributed by atoms with Crippen molar-refractivity contribution in [2.24, 2.45) is 0 Å². The summed E-state index contributed by atoms with van der Waals surface area (Å²) >= 11 is 1.16. The molecule has 10 heteroatoms. The number of alkyl halides is 3. The van der Waals surface area contributed by atoms with E-state index < -0.39 is 21.4 Å². The van der Waals surface area contributed by atoms with Crippen LogP contribution < -0.4 is 0 Å².